The monoisotopic (exact) mass is 517 g/mol. The van der Waals surface area contributed by atoms with Crippen LogP contribution in [0, 0.1) is 11.3 Å². The molecule has 0 saturated heterocycles. The van der Waals surface area contributed by atoms with E-state index in [1.165, 1.54) is 6.42 Å². The molecule has 2 aromatic carbocycles. The SMILES string of the molecule is CCC.CCCCC1(C(C)CC)CS(=O)(=O)c2ccc(N(C)C)cc2[C@@H](c2ccc(OC)cc2)[C@H]1O. The van der Waals surface area contributed by atoms with Crippen molar-refractivity contribution in [3.05, 3.63) is 53.6 Å². The lowest BCUT2D eigenvalue weighted by Gasteiger charge is -2.44. The highest BCUT2D eigenvalue weighted by Gasteiger charge is 2.52. The highest BCUT2D eigenvalue weighted by Crippen LogP contribution is 2.52. The van der Waals surface area contributed by atoms with Gasteiger partial charge in [0.15, 0.2) is 9.84 Å². The van der Waals surface area contributed by atoms with Gasteiger partial charge in [0.25, 0.3) is 0 Å². The molecule has 1 heterocycles. The third-order valence-electron chi connectivity index (χ3n) is 7.61. The summed E-state index contributed by atoms with van der Waals surface area (Å²) < 4.78 is 33.0. The predicted octanol–water partition coefficient (Wildman–Crippen LogP) is 6.68. The van der Waals surface area contributed by atoms with Gasteiger partial charge >= 0.3 is 0 Å². The average Bonchev–Trinajstić information content (AvgIpc) is 2.93. The molecule has 0 aromatic heterocycles. The van der Waals surface area contributed by atoms with Gasteiger partial charge in [-0.2, -0.15) is 0 Å². The maximum Gasteiger partial charge on any atom is 0.179 e. The van der Waals surface area contributed by atoms with Crippen molar-refractivity contribution in [2.45, 2.75) is 83.6 Å². The lowest BCUT2D eigenvalue weighted by molar-refractivity contribution is -0.0180. The number of sulfone groups is 1. The molecule has 4 atom stereocenters. The van der Waals surface area contributed by atoms with Crippen LogP contribution in [0.25, 0.3) is 0 Å². The Labute approximate surface area is 219 Å². The second-order valence-electron chi connectivity index (χ2n) is 10.4. The second-order valence-corrected chi connectivity index (χ2v) is 12.4. The summed E-state index contributed by atoms with van der Waals surface area (Å²) in [6.45, 7) is 10.5. The van der Waals surface area contributed by atoms with Crippen LogP contribution in [0.3, 0.4) is 0 Å². The molecular formula is C30H47NO4S. The summed E-state index contributed by atoms with van der Waals surface area (Å²) in [6, 6.07) is 13.2. The van der Waals surface area contributed by atoms with E-state index in [2.05, 4.69) is 34.6 Å². The number of aliphatic hydroxyl groups excluding tert-OH is 1. The van der Waals surface area contributed by atoms with Gasteiger partial charge in [-0.1, -0.05) is 72.4 Å². The van der Waals surface area contributed by atoms with E-state index in [-0.39, 0.29) is 11.7 Å². The van der Waals surface area contributed by atoms with E-state index in [1.54, 1.807) is 13.2 Å². The lowest BCUT2D eigenvalue weighted by Crippen LogP contribution is -2.47. The molecule has 1 aliphatic heterocycles. The number of unbranched alkanes of at least 4 members (excludes halogenated alkanes) is 1. The molecule has 3 rings (SSSR count). The maximum absolute atomic E-state index is 13.9. The first-order valence-corrected chi connectivity index (χ1v) is 15.0. The summed E-state index contributed by atoms with van der Waals surface area (Å²) in [5.41, 5.74) is 1.77. The molecule has 0 fully saturated rings. The summed E-state index contributed by atoms with van der Waals surface area (Å²) in [7, 11) is 1.90. The van der Waals surface area contributed by atoms with Crippen LogP contribution in [0.4, 0.5) is 5.69 Å². The van der Waals surface area contributed by atoms with E-state index in [1.807, 2.05) is 55.4 Å². The van der Waals surface area contributed by atoms with Gasteiger partial charge in [-0.05, 0) is 53.8 Å². The quantitative estimate of drug-likeness (QED) is 0.423. The number of benzene rings is 2. The fourth-order valence-electron chi connectivity index (χ4n) is 5.34. The highest BCUT2D eigenvalue weighted by molar-refractivity contribution is 7.91. The zero-order valence-corrected chi connectivity index (χ0v) is 24.4. The highest BCUT2D eigenvalue weighted by atomic mass is 32.2. The molecule has 2 unspecified atom stereocenters. The molecule has 1 aliphatic rings. The lowest BCUT2D eigenvalue weighted by atomic mass is 9.63. The van der Waals surface area contributed by atoms with Crippen molar-refractivity contribution in [2.75, 3.05) is 31.9 Å². The van der Waals surface area contributed by atoms with E-state index in [9.17, 15) is 13.5 Å². The molecule has 5 nitrogen and oxygen atoms in total. The van der Waals surface area contributed by atoms with Crippen LogP contribution in [0.2, 0.25) is 0 Å². The van der Waals surface area contributed by atoms with Crippen LogP contribution in [-0.4, -0.2) is 46.6 Å². The molecule has 1 N–H and O–H groups in total. The smallest absolute Gasteiger partial charge is 0.179 e. The average molecular weight is 518 g/mol. The van der Waals surface area contributed by atoms with Crippen molar-refractivity contribution in [1.29, 1.82) is 0 Å². The number of nitrogens with zero attached hydrogens (tertiary/aromatic N) is 1. The second kappa shape index (κ2) is 13.0. The Morgan fingerprint density at radius 2 is 1.69 bits per heavy atom. The largest absolute Gasteiger partial charge is 0.497 e. The van der Waals surface area contributed by atoms with Gasteiger partial charge in [0.1, 0.15) is 5.75 Å². The standard InChI is InChI=1S/C27H39NO4S.C3H8/c1-7-9-16-27(19(3)8-2)18-33(30,31)24-15-12-21(28(4)5)17-23(24)25(26(27)29)20-10-13-22(32-6)14-11-20;1-3-2/h10-15,17,19,25-26,29H,7-9,16,18H2,1-6H3;3H2,1-2H3/t19?,25-,26-,27?;/m1./s1. The summed E-state index contributed by atoms with van der Waals surface area (Å²) in [6.07, 6.45) is 3.74. The third kappa shape index (κ3) is 6.25. The fraction of sp³-hybridized carbons (Fsp3) is 0.600. The number of methoxy groups -OCH3 is 1. The first kappa shape index (κ1) is 30.2. The molecule has 6 heteroatoms. The minimum absolute atomic E-state index is 0.0306. The zero-order chi connectivity index (χ0) is 27.1. The zero-order valence-electron chi connectivity index (χ0n) is 23.5. The summed E-state index contributed by atoms with van der Waals surface area (Å²) >= 11 is 0. The number of aliphatic hydroxyl groups is 1. The molecule has 0 radical (unpaired) electrons. The minimum Gasteiger partial charge on any atom is -0.497 e. The number of ether oxygens (including phenoxy) is 1. The number of hydrogen-bond acceptors (Lipinski definition) is 5. The molecule has 0 bridgehead atoms. The molecule has 0 aliphatic carbocycles. The van der Waals surface area contributed by atoms with Crippen LogP contribution >= 0.6 is 0 Å². The maximum atomic E-state index is 13.9. The van der Waals surface area contributed by atoms with Gasteiger partial charge in [0, 0.05) is 31.1 Å². The Balaban J connectivity index is 0.00000145. The first-order chi connectivity index (χ1) is 17.0. The molecule has 202 valence electrons. The van der Waals surface area contributed by atoms with E-state index >= 15 is 0 Å². The van der Waals surface area contributed by atoms with Gasteiger partial charge in [-0.25, -0.2) is 8.42 Å². The topological polar surface area (TPSA) is 66.8 Å². The number of anilines is 1. The normalized spacial score (nSPS) is 23.5. The minimum atomic E-state index is -3.60. The Morgan fingerprint density at radius 3 is 2.19 bits per heavy atom. The van der Waals surface area contributed by atoms with E-state index in [0.717, 1.165) is 36.3 Å². The molecule has 0 amide bonds. The van der Waals surface area contributed by atoms with Crippen molar-refractivity contribution in [1.82, 2.24) is 0 Å². The van der Waals surface area contributed by atoms with E-state index < -0.39 is 27.3 Å². The van der Waals surface area contributed by atoms with Gasteiger partial charge in [0.2, 0.25) is 0 Å². The number of rotatable bonds is 8. The van der Waals surface area contributed by atoms with Gasteiger partial charge in [0.05, 0.1) is 23.9 Å². The van der Waals surface area contributed by atoms with E-state index in [0.29, 0.717) is 16.9 Å². The summed E-state index contributed by atoms with van der Waals surface area (Å²) in [5, 5.41) is 12.2. The number of fused-ring (bicyclic) bond motifs is 1. The van der Waals surface area contributed by atoms with Crippen LogP contribution < -0.4 is 9.64 Å². The number of hydrogen-bond donors (Lipinski definition) is 1. The molecule has 0 spiro atoms. The Bertz CT molecular complexity index is 1060. The van der Waals surface area contributed by atoms with Crippen molar-refractivity contribution < 1.29 is 18.3 Å². The predicted molar refractivity (Wildman–Crippen MR) is 151 cm³/mol. The molecule has 36 heavy (non-hydrogen) atoms. The van der Waals surface area contributed by atoms with Gasteiger partial charge in [-0.3, -0.25) is 0 Å². The van der Waals surface area contributed by atoms with Gasteiger partial charge in [-0.15, -0.1) is 0 Å². The van der Waals surface area contributed by atoms with E-state index in [4.69, 9.17) is 4.74 Å². The van der Waals surface area contributed by atoms with Crippen LogP contribution in [-0.2, 0) is 9.84 Å². The van der Waals surface area contributed by atoms with Crippen molar-refractivity contribution in [3.63, 3.8) is 0 Å². The van der Waals surface area contributed by atoms with Gasteiger partial charge < -0.3 is 14.7 Å². The summed E-state index contributed by atoms with van der Waals surface area (Å²) in [5.74, 6) is 0.305. The van der Waals surface area contributed by atoms with Crippen LogP contribution in [0.1, 0.15) is 83.8 Å². The fourth-order valence-corrected chi connectivity index (χ4v) is 7.63. The van der Waals surface area contributed by atoms with Crippen molar-refractivity contribution in [3.8, 4) is 5.75 Å². The summed E-state index contributed by atoms with van der Waals surface area (Å²) in [4.78, 5) is 2.31. The third-order valence-corrected chi connectivity index (χ3v) is 9.57. The molecule has 0 saturated carbocycles. The Kier molecular flexibility index (Phi) is 10.9. The first-order valence-electron chi connectivity index (χ1n) is 13.4. The Morgan fingerprint density at radius 1 is 1.08 bits per heavy atom. The van der Waals surface area contributed by atoms with Crippen LogP contribution in [0.15, 0.2) is 47.4 Å². The van der Waals surface area contributed by atoms with Crippen LogP contribution in [0.5, 0.6) is 5.75 Å². The van der Waals surface area contributed by atoms with Crippen molar-refractivity contribution >= 4 is 15.5 Å². The molecule has 2 aromatic rings. The van der Waals surface area contributed by atoms with Crippen molar-refractivity contribution in [2.24, 2.45) is 11.3 Å². The Hall–Kier alpha value is -2.05. The molecular weight excluding hydrogens is 470 g/mol.